The van der Waals surface area contributed by atoms with Crippen molar-refractivity contribution in [1.82, 2.24) is 10.3 Å². The third-order valence-electron chi connectivity index (χ3n) is 4.99. The second-order valence-electron chi connectivity index (χ2n) is 6.91. The minimum atomic E-state index is -0.440. The lowest BCUT2D eigenvalue weighted by Gasteiger charge is -2.15. The molecule has 0 aliphatic rings. The summed E-state index contributed by atoms with van der Waals surface area (Å²) in [6.07, 6.45) is 0. The number of nitrogens with one attached hydrogen (secondary N) is 2. The van der Waals surface area contributed by atoms with E-state index in [9.17, 15) is 4.79 Å². The van der Waals surface area contributed by atoms with E-state index in [-0.39, 0.29) is 10.7 Å². The highest BCUT2D eigenvalue weighted by molar-refractivity contribution is 7.80. The van der Waals surface area contributed by atoms with Crippen molar-refractivity contribution in [2.45, 2.75) is 6.92 Å². The first-order chi connectivity index (χ1) is 15.5. The molecule has 8 heteroatoms. The molecule has 0 radical (unpaired) electrons. The minimum Gasteiger partial charge on any atom is -0.496 e. The number of para-hydroxylation sites is 2. The first-order valence-electron chi connectivity index (χ1n) is 9.80. The average molecular weight is 448 g/mol. The number of benzene rings is 3. The molecule has 32 heavy (non-hydrogen) atoms. The molecule has 0 unspecified atom stereocenters. The van der Waals surface area contributed by atoms with Crippen molar-refractivity contribution >= 4 is 40.0 Å². The van der Waals surface area contributed by atoms with Gasteiger partial charge < -0.3 is 19.2 Å². The number of thiocarbonyl (C=S) groups is 1. The molecule has 0 spiro atoms. The van der Waals surface area contributed by atoms with E-state index in [1.165, 1.54) is 14.2 Å². The van der Waals surface area contributed by atoms with Gasteiger partial charge in [0.05, 0.1) is 14.2 Å². The minimum absolute atomic E-state index is 0.140. The highest BCUT2D eigenvalue weighted by Crippen LogP contribution is 2.31. The van der Waals surface area contributed by atoms with Gasteiger partial charge in [-0.05, 0) is 61.1 Å². The first kappa shape index (κ1) is 21.3. The Labute approximate surface area is 190 Å². The molecular formula is C24H21N3O4S. The molecule has 0 saturated carbocycles. The SMILES string of the molecule is COc1cccc(OC)c1C(=O)NC(=S)Nc1cccc(-c2nc3ccccc3o2)c1C. The Morgan fingerprint density at radius 1 is 0.969 bits per heavy atom. The molecule has 0 saturated heterocycles. The van der Waals surface area contributed by atoms with Crippen LogP contribution in [0.2, 0.25) is 0 Å². The van der Waals surface area contributed by atoms with Gasteiger partial charge in [-0.2, -0.15) is 0 Å². The van der Waals surface area contributed by atoms with Crippen molar-refractivity contribution in [2.24, 2.45) is 0 Å². The average Bonchev–Trinajstić information content (AvgIpc) is 3.23. The zero-order valence-electron chi connectivity index (χ0n) is 17.8. The first-order valence-corrected chi connectivity index (χ1v) is 10.2. The molecule has 0 bridgehead atoms. The number of amides is 1. The van der Waals surface area contributed by atoms with Gasteiger partial charge in [0.1, 0.15) is 22.6 Å². The molecule has 0 aliphatic carbocycles. The third kappa shape index (κ3) is 4.13. The number of nitrogens with zero attached hydrogens (tertiary/aromatic N) is 1. The second-order valence-corrected chi connectivity index (χ2v) is 7.32. The quantitative estimate of drug-likeness (QED) is 0.419. The predicted octanol–water partition coefficient (Wildman–Crippen LogP) is 4.95. The van der Waals surface area contributed by atoms with Crippen molar-refractivity contribution in [3.8, 4) is 23.0 Å². The van der Waals surface area contributed by atoms with Crippen molar-refractivity contribution in [3.63, 3.8) is 0 Å². The van der Waals surface area contributed by atoms with Gasteiger partial charge in [0.15, 0.2) is 10.7 Å². The number of hydrogen-bond donors (Lipinski definition) is 2. The second kappa shape index (κ2) is 9.07. The van der Waals surface area contributed by atoms with Crippen LogP contribution < -0.4 is 20.1 Å². The maximum Gasteiger partial charge on any atom is 0.264 e. The van der Waals surface area contributed by atoms with Gasteiger partial charge in [-0.3, -0.25) is 10.1 Å². The van der Waals surface area contributed by atoms with Crippen LogP contribution in [0.5, 0.6) is 11.5 Å². The molecule has 0 fully saturated rings. The lowest BCUT2D eigenvalue weighted by molar-refractivity contribution is 0.0971. The van der Waals surface area contributed by atoms with Gasteiger partial charge in [0.25, 0.3) is 5.91 Å². The van der Waals surface area contributed by atoms with Gasteiger partial charge in [-0.15, -0.1) is 0 Å². The van der Waals surface area contributed by atoms with Crippen molar-refractivity contribution in [2.75, 3.05) is 19.5 Å². The molecule has 3 aromatic carbocycles. The number of carbonyl (C=O) groups excluding carboxylic acids is 1. The molecule has 162 valence electrons. The summed E-state index contributed by atoms with van der Waals surface area (Å²) in [5, 5.41) is 5.90. The molecule has 2 N–H and O–H groups in total. The summed E-state index contributed by atoms with van der Waals surface area (Å²) in [5.74, 6) is 0.850. The molecule has 1 heterocycles. The van der Waals surface area contributed by atoms with Gasteiger partial charge in [0.2, 0.25) is 5.89 Å². The van der Waals surface area contributed by atoms with Crippen LogP contribution >= 0.6 is 12.2 Å². The molecule has 0 aliphatic heterocycles. The van der Waals surface area contributed by atoms with E-state index in [1.807, 2.05) is 49.4 Å². The highest BCUT2D eigenvalue weighted by atomic mass is 32.1. The Morgan fingerprint density at radius 3 is 2.34 bits per heavy atom. The van der Waals surface area contributed by atoms with Crippen LogP contribution in [-0.4, -0.2) is 30.2 Å². The Morgan fingerprint density at radius 2 is 1.66 bits per heavy atom. The molecule has 1 amide bonds. The fourth-order valence-electron chi connectivity index (χ4n) is 3.38. The van der Waals surface area contributed by atoms with Crippen LogP contribution in [0.1, 0.15) is 15.9 Å². The predicted molar refractivity (Wildman–Crippen MR) is 127 cm³/mol. The van der Waals surface area contributed by atoms with Crippen molar-refractivity contribution in [3.05, 3.63) is 71.8 Å². The monoisotopic (exact) mass is 447 g/mol. The lowest BCUT2D eigenvalue weighted by atomic mass is 10.1. The van der Waals surface area contributed by atoms with Gasteiger partial charge in [-0.25, -0.2) is 4.98 Å². The maximum absolute atomic E-state index is 12.9. The van der Waals surface area contributed by atoms with Crippen LogP contribution in [-0.2, 0) is 0 Å². The number of carbonyl (C=O) groups is 1. The van der Waals surface area contributed by atoms with Crippen molar-refractivity contribution < 1.29 is 18.7 Å². The summed E-state index contributed by atoms with van der Waals surface area (Å²) in [4.78, 5) is 17.4. The topological polar surface area (TPSA) is 85.6 Å². The van der Waals surface area contributed by atoms with Crippen LogP contribution in [0.15, 0.2) is 65.1 Å². The fraction of sp³-hybridized carbons (Fsp3) is 0.125. The summed E-state index contributed by atoms with van der Waals surface area (Å²) < 4.78 is 16.5. The van der Waals surface area contributed by atoms with Crippen LogP contribution in [0, 0.1) is 6.92 Å². The van der Waals surface area contributed by atoms with Crippen molar-refractivity contribution in [1.29, 1.82) is 0 Å². The smallest absolute Gasteiger partial charge is 0.264 e. The number of oxazole rings is 1. The van der Waals surface area contributed by atoms with E-state index in [4.69, 9.17) is 26.1 Å². The summed E-state index contributed by atoms with van der Waals surface area (Å²) in [7, 11) is 2.98. The summed E-state index contributed by atoms with van der Waals surface area (Å²) in [6, 6.07) is 18.4. The van der Waals surface area contributed by atoms with Crippen LogP contribution in [0.4, 0.5) is 5.69 Å². The standard InChI is InChI=1S/C24H21N3O4S/c1-14-15(23-25-17-9-4-5-11-18(17)31-23)8-6-10-16(14)26-24(32)27-22(28)21-19(29-2)12-7-13-20(21)30-3/h4-13H,1-3H3,(H2,26,27,28,32). The number of rotatable bonds is 5. The molecule has 4 aromatic rings. The van der Waals surface area contributed by atoms with E-state index in [0.717, 1.165) is 22.3 Å². The van der Waals surface area contributed by atoms with Gasteiger partial charge >= 0.3 is 0 Å². The molecule has 1 aromatic heterocycles. The van der Waals surface area contributed by atoms with E-state index >= 15 is 0 Å². The van der Waals surface area contributed by atoms with E-state index in [1.54, 1.807) is 18.2 Å². The highest BCUT2D eigenvalue weighted by Gasteiger charge is 2.20. The Bertz CT molecular complexity index is 1260. The number of anilines is 1. The Hall–Kier alpha value is -3.91. The zero-order chi connectivity index (χ0) is 22.7. The van der Waals surface area contributed by atoms with Crippen LogP contribution in [0.3, 0.4) is 0 Å². The molecule has 0 atom stereocenters. The molecule has 4 rings (SSSR count). The number of aromatic nitrogens is 1. The third-order valence-corrected chi connectivity index (χ3v) is 5.19. The Balaban J connectivity index is 1.56. The maximum atomic E-state index is 12.9. The van der Waals surface area contributed by atoms with Crippen LogP contribution in [0.25, 0.3) is 22.6 Å². The van der Waals surface area contributed by atoms with E-state index in [2.05, 4.69) is 15.6 Å². The summed E-state index contributed by atoms with van der Waals surface area (Å²) in [5.41, 5.74) is 4.19. The summed E-state index contributed by atoms with van der Waals surface area (Å²) >= 11 is 5.38. The van der Waals surface area contributed by atoms with Gasteiger partial charge in [-0.1, -0.05) is 24.3 Å². The molecular weight excluding hydrogens is 426 g/mol. The number of methoxy groups -OCH3 is 2. The zero-order valence-corrected chi connectivity index (χ0v) is 18.6. The number of ether oxygens (including phenoxy) is 2. The number of fused-ring (bicyclic) bond motifs is 1. The van der Waals surface area contributed by atoms with E-state index < -0.39 is 5.91 Å². The largest absolute Gasteiger partial charge is 0.496 e. The lowest BCUT2D eigenvalue weighted by Crippen LogP contribution is -2.34. The molecule has 7 nitrogen and oxygen atoms in total. The van der Waals surface area contributed by atoms with Gasteiger partial charge in [0, 0.05) is 11.3 Å². The summed E-state index contributed by atoms with van der Waals surface area (Å²) in [6.45, 7) is 1.93. The van der Waals surface area contributed by atoms with E-state index in [0.29, 0.717) is 23.0 Å². The fourth-order valence-corrected chi connectivity index (χ4v) is 3.59. The number of hydrogen-bond acceptors (Lipinski definition) is 6. The normalized spacial score (nSPS) is 10.6. The Kier molecular flexibility index (Phi) is 6.04.